The van der Waals surface area contributed by atoms with E-state index in [1.807, 2.05) is 6.07 Å². The lowest BCUT2D eigenvalue weighted by Gasteiger charge is -2.33. The lowest BCUT2D eigenvalue weighted by molar-refractivity contribution is 0.137. The lowest BCUT2D eigenvalue weighted by atomic mass is 9.89. The van der Waals surface area contributed by atoms with Crippen LogP contribution in [-0.2, 0) is 0 Å². The van der Waals surface area contributed by atoms with Crippen LogP contribution in [0, 0.1) is 5.92 Å². The zero-order valence-corrected chi connectivity index (χ0v) is 13.5. The minimum atomic E-state index is 0.345. The van der Waals surface area contributed by atoms with Gasteiger partial charge in [0.15, 0.2) is 0 Å². The Balaban J connectivity index is 1.63. The van der Waals surface area contributed by atoms with Crippen molar-refractivity contribution in [3.8, 4) is 5.88 Å². The normalized spacial score (nSPS) is 30.8. The van der Waals surface area contributed by atoms with E-state index in [2.05, 4.69) is 51.5 Å². The smallest absolute Gasteiger partial charge is 0.215 e. The maximum Gasteiger partial charge on any atom is 0.215 e. The first-order valence-electron chi connectivity index (χ1n) is 7.25. The van der Waals surface area contributed by atoms with Crippen molar-refractivity contribution in [3.63, 3.8) is 0 Å². The minimum Gasteiger partial charge on any atom is -0.474 e. The van der Waals surface area contributed by atoms with Gasteiger partial charge in [-0.25, -0.2) is 0 Å². The van der Waals surface area contributed by atoms with Gasteiger partial charge in [0.1, 0.15) is 11.9 Å². The second-order valence-corrected chi connectivity index (χ2v) is 7.32. The van der Waals surface area contributed by atoms with Crippen LogP contribution in [0.15, 0.2) is 18.2 Å². The van der Waals surface area contributed by atoms with Crippen LogP contribution in [-0.4, -0.2) is 28.1 Å². The fourth-order valence-electron chi connectivity index (χ4n) is 2.70. The molecule has 104 valence electrons. The van der Waals surface area contributed by atoms with E-state index in [0.29, 0.717) is 6.10 Å². The zero-order chi connectivity index (χ0) is 13.2. The molecule has 19 heavy (non-hydrogen) atoms. The summed E-state index contributed by atoms with van der Waals surface area (Å²) in [6, 6.07) is 6.13. The highest BCUT2D eigenvalue weighted by molar-refractivity contribution is 14.1. The molecule has 3 atom stereocenters. The number of hydrogen-bond acceptors (Lipinski definition) is 3. The van der Waals surface area contributed by atoms with Crippen LogP contribution in [0.2, 0.25) is 0 Å². The molecule has 2 aliphatic rings. The zero-order valence-electron chi connectivity index (χ0n) is 11.4. The van der Waals surface area contributed by atoms with Crippen molar-refractivity contribution in [1.29, 1.82) is 0 Å². The summed E-state index contributed by atoms with van der Waals surface area (Å²) in [7, 11) is 0. The Kier molecular flexibility index (Phi) is 4.15. The topological polar surface area (TPSA) is 25.4 Å². The van der Waals surface area contributed by atoms with Gasteiger partial charge in [-0.05, 0) is 37.7 Å². The Morgan fingerprint density at radius 1 is 1.32 bits per heavy atom. The molecule has 3 nitrogen and oxygen atoms in total. The molecule has 0 bridgehead atoms. The highest BCUT2D eigenvalue weighted by Crippen LogP contribution is 2.32. The van der Waals surface area contributed by atoms with Crippen molar-refractivity contribution < 1.29 is 4.74 Å². The van der Waals surface area contributed by atoms with Gasteiger partial charge in [-0.1, -0.05) is 35.6 Å². The first-order valence-corrected chi connectivity index (χ1v) is 8.49. The largest absolute Gasteiger partial charge is 0.474 e. The van der Waals surface area contributed by atoms with Crippen molar-refractivity contribution in [2.45, 2.75) is 42.6 Å². The standard InChI is InChI=1S/C15H21IN2O/c1-11-6-7-12(10-13(11)16)19-15-5-2-4-14(17-15)18-8-3-9-18/h2,4-5,11-13H,3,6-10H2,1H3/t11-,12-,13?/m0/s1. The van der Waals surface area contributed by atoms with Gasteiger partial charge in [-0.15, -0.1) is 0 Å². The fourth-order valence-corrected chi connectivity index (χ4v) is 3.63. The summed E-state index contributed by atoms with van der Waals surface area (Å²) in [5, 5.41) is 0. The molecule has 1 aliphatic carbocycles. The van der Waals surface area contributed by atoms with E-state index in [1.54, 1.807) is 0 Å². The molecule has 1 saturated heterocycles. The van der Waals surface area contributed by atoms with Crippen molar-refractivity contribution >= 4 is 28.4 Å². The Morgan fingerprint density at radius 2 is 2.16 bits per heavy atom. The molecule has 2 fully saturated rings. The van der Waals surface area contributed by atoms with Gasteiger partial charge in [0, 0.05) is 23.1 Å². The quantitative estimate of drug-likeness (QED) is 0.598. The van der Waals surface area contributed by atoms with Gasteiger partial charge in [-0.2, -0.15) is 4.98 Å². The molecule has 0 amide bonds. The van der Waals surface area contributed by atoms with Crippen molar-refractivity contribution in [3.05, 3.63) is 18.2 Å². The highest BCUT2D eigenvalue weighted by Gasteiger charge is 2.27. The molecule has 4 heteroatoms. The number of alkyl halides is 1. The van der Waals surface area contributed by atoms with Gasteiger partial charge in [0.05, 0.1) is 0 Å². The number of nitrogens with zero attached hydrogens (tertiary/aromatic N) is 2. The molecular weight excluding hydrogens is 351 g/mol. The number of ether oxygens (including phenoxy) is 1. The first kappa shape index (κ1) is 13.5. The molecule has 1 aromatic heterocycles. The predicted molar refractivity (Wildman–Crippen MR) is 86.3 cm³/mol. The molecule has 0 N–H and O–H groups in total. The summed E-state index contributed by atoms with van der Waals surface area (Å²) < 4.78 is 6.82. The predicted octanol–water partition coefficient (Wildman–Crippen LogP) is 3.66. The van der Waals surface area contributed by atoms with Crippen LogP contribution >= 0.6 is 22.6 Å². The Morgan fingerprint density at radius 3 is 2.84 bits per heavy atom. The van der Waals surface area contributed by atoms with E-state index >= 15 is 0 Å². The summed E-state index contributed by atoms with van der Waals surface area (Å²) in [4.78, 5) is 6.94. The third kappa shape index (κ3) is 3.15. The molecule has 1 saturated carbocycles. The lowest BCUT2D eigenvalue weighted by Crippen LogP contribution is -2.37. The van der Waals surface area contributed by atoms with Gasteiger partial charge < -0.3 is 9.64 Å². The van der Waals surface area contributed by atoms with Crippen molar-refractivity contribution in [1.82, 2.24) is 4.98 Å². The molecule has 1 unspecified atom stereocenters. The summed E-state index contributed by atoms with van der Waals surface area (Å²) in [6.07, 6.45) is 5.21. The van der Waals surface area contributed by atoms with Crippen LogP contribution in [0.3, 0.4) is 0 Å². The van der Waals surface area contributed by atoms with E-state index in [9.17, 15) is 0 Å². The summed E-state index contributed by atoms with van der Waals surface area (Å²) in [6.45, 7) is 4.61. The third-order valence-corrected chi connectivity index (χ3v) is 5.96. The Hall–Kier alpha value is -0.520. The van der Waals surface area contributed by atoms with E-state index in [0.717, 1.165) is 47.5 Å². The summed E-state index contributed by atoms with van der Waals surface area (Å²) >= 11 is 2.56. The van der Waals surface area contributed by atoms with E-state index in [4.69, 9.17) is 4.74 Å². The van der Waals surface area contributed by atoms with Gasteiger partial charge in [0.25, 0.3) is 0 Å². The van der Waals surface area contributed by atoms with E-state index < -0.39 is 0 Å². The number of hydrogen-bond donors (Lipinski definition) is 0. The van der Waals surface area contributed by atoms with E-state index in [1.165, 1.54) is 12.8 Å². The van der Waals surface area contributed by atoms with Crippen molar-refractivity contribution in [2.24, 2.45) is 5.92 Å². The van der Waals surface area contributed by atoms with Crippen LogP contribution < -0.4 is 9.64 Å². The Labute approximate surface area is 128 Å². The molecule has 0 spiro atoms. The number of rotatable bonds is 3. The third-order valence-electron chi connectivity index (χ3n) is 4.23. The summed E-state index contributed by atoms with van der Waals surface area (Å²) in [5.41, 5.74) is 0. The molecule has 1 aromatic rings. The van der Waals surface area contributed by atoms with Crippen LogP contribution in [0.25, 0.3) is 0 Å². The van der Waals surface area contributed by atoms with E-state index in [-0.39, 0.29) is 0 Å². The monoisotopic (exact) mass is 372 g/mol. The molecule has 2 heterocycles. The number of halogens is 1. The van der Waals surface area contributed by atoms with Gasteiger partial charge in [0.2, 0.25) is 5.88 Å². The molecule has 1 aliphatic heterocycles. The SMILES string of the molecule is C[C@H]1CC[C@H](Oc2cccc(N3CCC3)n2)CC1I. The van der Waals surface area contributed by atoms with Gasteiger partial charge >= 0.3 is 0 Å². The maximum absolute atomic E-state index is 6.09. The first-order chi connectivity index (χ1) is 9.22. The highest BCUT2D eigenvalue weighted by atomic mass is 127. The average Bonchev–Trinajstić information content (AvgIpc) is 2.32. The van der Waals surface area contributed by atoms with Crippen LogP contribution in [0.4, 0.5) is 5.82 Å². The fraction of sp³-hybridized carbons (Fsp3) is 0.667. The number of aromatic nitrogens is 1. The van der Waals surface area contributed by atoms with Crippen LogP contribution in [0.1, 0.15) is 32.6 Å². The molecule has 0 radical (unpaired) electrons. The number of anilines is 1. The molecular formula is C15H21IN2O. The summed E-state index contributed by atoms with van der Waals surface area (Å²) in [5.74, 6) is 2.69. The Bertz CT molecular complexity index is 436. The van der Waals surface area contributed by atoms with Gasteiger partial charge in [-0.3, -0.25) is 0 Å². The van der Waals surface area contributed by atoms with Crippen molar-refractivity contribution in [2.75, 3.05) is 18.0 Å². The molecule has 3 rings (SSSR count). The second-order valence-electron chi connectivity index (χ2n) is 5.72. The minimum absolute atomic E-state index is 0.345. The maximum atomic E-state index is 6.09. The number of pyridine rings is 1. The molecule has 0 aromatic carbocycles. The van der Waals surface area contributed by atoms with Crippen LogP contribution in [0.5, 0.6) is 5.88 Å². The average molecular weight is 372 g/mol. The second kappa shape index (κ2) is 5.85.